The Morgan fingerprint density at radius 2 is 2.04 bits per heavy atom. The molecule has 0 amide bonds. The summed E-state index contributed by atoms with van der Waals surface area (Å²) < 4.78 is 0. The second-order valence-electron chi connectivity index (χ2n) is 5.15. The first kappa shape index (κ1) is 15.9. The number of aromatic hydroxyl groups is 1. The van der Waals surface area contributed by atoms with Gasteiger partial charge in [0.05, 0.1) is 10.4 Å². The van der Waals surface area contributed by atoms with Crippen LogP contribution < -0.4 is 0 Å². The van der Waals surface area contributed by atoms with Crippen LogP contribution in [0.25, 0.3) is 10.9 Å². The van der Waals surface area contributed by atoms with Gasteiger partial charge >= 0.3 is 0 Å². The van der Waals surface area contributed by atoms with E-state index in [1.807, 2.05) is 25.1 Å². The largest absolute Gasteiger partial charge is 0.493 e. The molecule has 0 aliphatic rings. The summed E-state index contributed by atoms with van der Waals surface area (Å²) in [6.45, 7) is 2.02. The first-order valence-corrected chi connectivity index (χ1v) is 7.56. The number of fused-ring (bicyclic) bond motifs is 1. The highest BCUT2D eigenvalue weighted by Gasteiger charge is 2.15. The Balaban J connectivity index is 2.10. The van der Waals surface area contributed by atoms with Crippen LogP contribution in [0.5, 0.6) is 5.88 Å². The average Bonchev–Trinajstić information content (AvgIpc) is 2.87. The molecular weight excluding hydrogens is 332 g/mol. The summed E-state index contributed by atoms with van der Waals surface area (Å²) in [5, 5.41) is 30.0. The summed E-state index contributed by atoms with van der Waals surface area (Å²) in [6, 6.07) is 9.71. The minimum Gasteiger partial charge on any atom is -0.493 e. The highest BCUT2D eigenvalue weighted by molar-refractivity contribution is 6.30. The predicted molar refractivity (Wildman–Crippen MR) is 91.6 cm³/mol. The molecule has 1 heterocycles. The number of H-pyrrole nitrogens is 1. The number of halogens is 1. The van der Waals surface area contributed by atoms with E-state index in [0.29, 0.717) is 15.9 Å². The summed E-state index contributed by atoms with van der Waals surface area (Å²) >= 11 is 5.87. The number of azo groups is 1. The minimum absolute atomic E-state index is 0.0212. The molecule has 0 atom stereocenters. The average molecular weight is 345 g/mol. The molecule has 0 spiro atoms. The first-order valence-electron chi connectivity index (χ1n) is 7.19. The fraction of sp³-hybridized carbons (Fsp3) is 0.125. The van der Waals surface area contributed by atoms with E-state index in [-0.39, 0.29) is 22.9 Å². The fourth-order valence-electron chi connectivity index (χ4n) is 2.37. The van der Waals surface area contributed by atoms with E-state index in [1.165, 1.54) is 18.2 Å². The van der Waals surface area contributed by atoms with Gasteiger partial charge in [-0.1, -0.05) is 24.6 Å². The van der Waals surface area contributed by atoms with Crippen molar-refractivity contribution >= 4 is 39.6 Å². The van der Waals surface area contributed by atoms with Gasteiger partial charge < -0.3 is 10.1 Å². The van der Waals surface area contributed by atoms with Crippen LogP contribution >= 0.6 is 11.6 Å². The minimum atomic E-state index is -0.561. The number of rotatable bonds is 4. The monoisotopic (exact) mass is 344 g/mol. The van der Waals surface area contributed by atoms with Gasteiger partial charge in [-0.05, 0) is 36.2 Å². The van der Waals surface area contributed by atoms with Gasteiger partial charge in [0.2, 0.25) is 5.88 Å². The number of hydrogen-bond donors (Lipinski definition) is 2. The van der Waals surface area contributed by atoms with Crippen LogP contribution in [0.3, 0.4) is 0 Å². The number of nitro benzene ring substituents is 1. The van der Waals surface area contributed by atoms with E-state index < -0.39 is 4.92 Å². The maximum absolute atomic E-state index is 11.1. The topological polar surface area (TPSA) is 104 Å². The zero-order valence-electron chi connectivity index (χ0n) is 12.7. The molecule has 2 N–H and O–H groups in total. The summed E-state index contributed by atoms with van der Waals surface area (Å²) in [6.07, 6.45) is 0.832. The normalized spacial score (nSPS) is 11.4. The molecule has 0 radical (unpaired) electrons. The third-order valence-electron chi connectivity index (χ3n) is 3.62. The van der Waals surface area contributed by atoms with Gasteiger partial charge in [-0.15, -0.1) is 10.2 Å². The number of hydrogen-bond acceptors (Lipinski definition) is 5. The second kappa shape index (κ2) is 6.29. The van der Waals surface area contributed by atoms with E-state index in [4.69, 9.17) is 11.6 Å². The number of aryl methyl sites for hydroxylation is 1. The number of nitrogens with one attached hydrogen (secondary N) is 1. The number of aromatic amines is 1. The first-order chi connectivity index (χ1) is 11.5. The molecule has 0 saturated carbocycles. The third-order valence-corrected chi connectivity index (χ3v) is 3.85. The highest BCUT2D eigenvalue weighted by atomic mass is 35.5. The SMILES string of the molecule is CCc1ccc2[nH]c(O)c(N=Nc3cc(Cl)ccc3[N+](=O)[O-])c2c1. The lowest BCUT2D eigenvalue weighted by Crippen LogP contribution is -1.87. The zero-order valence-corrected chi connectivity index (χ0v) is 13.4. The van der Waals surface area contributed by atoms with Crippen LogP contribution in [0, 0.1) is 10.1 Å². The number of nitro groups is 1. The number of benzene rings is 2. The molecule has 0 saturated heterocycles. The molecule has 0 bridgehead atoms. The van der Waals surface area contributed by atoms with E-state index in [0.717, 1.165) is 12.0 Å². The Labute approximate surface area is 141 Å². The highest BCUT2D eigenvalue weighted by Crippen LogP contribution is 2.38. The Kier molecular flexibility index (Phi) is 4.18. The fourth-order valence-corrected chi connectivity index (χ4v) is 2.53. The molecule has 0 aliphatic heterocycles. The van der Waals surface area contributed by atoms with E-state index in [2.05, 4.69) is 15.2 Å². The second-order valence-corrected chi connectivity index (χ2v) is 5.58. The van der Waals surface area contributed by atoms with Crippen molar-refractivity contribution in [3.63, 3.8) is 0 Å². The maximum Gasteiger partial charge on any atom is 0.296 e. The van der Waals surface area contributed by atoms with Crippen LogP contribution in [-0.4, -0.2) is 15.0 Å². The molecule has 8 heteroatoms. The van der Waals surface area contributed by atoms with Crippen LogP contribution in [0.2, 0.25) is 5.02 Å². The van der Waals surface area contributed by atoms with Crippen molar-refractivity contribution in [3.8, 4) is 5.88 Å². The predicted octanol–water partition coefficient (Wildman–Crippen LogP) is 5.41. The Morgan fingerprint density at radius 1 is 1.25 bits per heavy atom. The third kappa shape index (κ3) is 2.93. The van der Waals surface area contributed by atoms with E-state index in [1.54, 1.807) is 0 Å². The molecule has 122 valence electrons. The number of nitrogens with zero attached hydrogens (tertiary/aromatic N) is 3. The lowest BCUT2D eigenvalue weighted by atomic mass is 10.1. The standard InChI is InChI=1S/C16H13ClN4O3/c1-2-9-3-5-12-11(7-9)15(16(22)18-12)20-19-13-8-10(17)4-6-14(13)21(23)24/h3-8,18,22H,2H2,1H3. The molecule has 0 aliphatic carbocycles. The van der Waals surface area contributed by atoms with Crippen LogP contribution in [0.1, 0.15) is 12.5 Å². The molecule has 2 aromatic carbocycles. The molecular formula is C16H13ClN4O3. The molecule has 0 fully saturated rings. The quantitative estimate of drug-likeness (QED) is 0.375. The zero-order chi connectivity index (χ0) is 17.3. The van der Waals surface area contributed by atoms with Gasteiger partial charge in [-0.25, -0.2) is 0 Å². The van der Waals surface area contributed by atoms with Crippen molar-refractivity contribution in [2.75, 3.05) is 0 Å². The molecule has 3 rings (SSSR count). The van der Waals surface area contributed by atoms with Crippen molar-refractivity contribution in [1.29, 1.82) is 0 Å². The van der Waals surface area contributed by atoms with Crippen molar-refractivity contribution in [2.24, 2.45) is 10.2 Å². The van der Waals surface area contributed by atoms with Crippen molar-refractivity contribution in [3.05, 3.63) is 57.1 Å². The Bertz CT molecular complexity index is 965. The molecule has 3 aromatic rings. The maximum atomic E-state index is 11.1. The van der Waals surface area contributed by atoms with Crippen LogP contribution in [0.4, 0.5) is 17.1 Å². The molecule has 1 aromatic heterocycles. The lowest BCUT2D eigenvalue weighted by molar-refractivity contribution is -0.384. The Morgan fingerprint density at radius 3 is 2.75 bits per heavy atom. The van der Waals surface area contributed by atoms with Crippen molar-refractivity contribution in [1.82, 2.24) is 4.98 Å². The lowest BCUT2D eigenvalue weighted by Gasteiger charge is -1.98. The van der Waals surface area contributed by atoms with E-state index in [9.17, 15) is 15.2 Å². The smallest absolute Gasteiger partial charge is 0.296 e. The molecule has 0 unspecified atom stereocenters. The van der Waals surface area contributed by atoms with Gasteiger partial charge in [0, 0.05) is 16.5 Å². The summed E-state index contributed by atoms with van der Waals surface area (Å²) in [5.74, 6) is -0.147. The summed E-state index contributed by atoms with van der Waals surface area (Å²) in [5.41, 5.74) is 1.82. The van der Waals surface area contributed by atoms with Gasteiger partial charge in [0.15, 0.2) is 11.4 Å². The van der Waals surface area contributed by atoms with Crippen LogP contribution in [0.15, 0.2) is 46.6 Å². The Hall–Kier alpha value is -2.93. The van der Waals surface area contributed by atoms with Gasteiger partial charge in [-0.2, -0.15) is 0 Å². The summed E-state index contributed by atoms with van der Waals surface area (Å²) in [7, 11) is 0. The molecule has 7 nitrogen and oxygen atoms in total. The van der Waals surface area contributed by atoms with Crippen molar-refractivity contribution < 1.29 is 10.0 Å². The number of aromatic nitrogens is 1. The van der Waals surface area contributed by atoms with Gasteiger partial charge in [0.25, 0.3) is 5.69 Å². The van der Waals surface area contributed by atoms with Gasteiger partial charge in [-0.3, -0.25) is 10.1 Å². The summed E-state index contributed by atoms with van der Waals surface area (Å²) in [4.78, 5) is 13.3. The van der Waals surface area contributed by atoms with Gasteiger partial charge in [0.1, 0.15) is 0 Å². The van der Waals surface area contributed by atoms with E-state index >= 15 is 0 Å². The van der Waals surface area contributed by atoms with Crippen LogP contribution in [-0.2, 0) is 6.42 Å². The van der Waals surface area contributed by atoms with Crippen molar-refractivity contribution in [2.45, 2.75) is 13.3 Å². The molecule has 24 heavy (non-hydrogen) atoms.